The van der Waals surface area contributed by atoms with Crippen LogP contribution in [0.1, 0.15) is 25.3 Å². The van der Waals surface area contributed by atoms with Crippen molar-refractivity contribution in [2.45, 2.75) is 37.4 Å². The number of rotatable bonds is 8. The van der Waals surface area contributed by atoms with Crippen LogP contribution in [0.2, 0.25) is 0 Å². The highest BCUT2D eigenvalue weighted by Gasteiger charge is 2.43. The standard InChI is InChI=1S/C24H25N5O2S/c1-16-8-12-18(13-9-16)29-22(19-6-4-5-7-20(19)31-3)27-28-23(29)32-14-21(30)26-24(2,15-25)17-10-11-17/h4-9,12-13,17H,10-11,14H2,1-3H3,(H,26,30). The summed E-state index contributed by atoms with van der Waals surface area (Å²) in [5.74, 6) is 1.50. The zero-order valence-corrected chi connectivity index (χ0v) is 19.1. The molecule has 1 amide bonds. The van der Waals surface area contributed by atoms with E-state index in [2.05, 4.69) is 21.6 Å². The second kappa shape index (κ2) is 9.05. The third kappa shape index (κ3) is 4.48. The Kier molecular flexibility index (Phi) is 6.19. The molecule has 1 atom stereocenters. The number of aryl methyl sites for hydroxylation is 1. The maximum Gasteiger partial charge on any atom is 0.231 e. The summed E-state index contributed by atoms with van der Waals surface area (Å²) in [6, 6.07) is 18.0. The Balaban J connectivity index is 1.64. The summed E-state index contributed by atoms with van der Waals surface area (Å²) in [6.07, 6.45) is 1.95. The first kappa shape index (κ1) is 21.9. The third-order valence-corrected chi connectivity index (χ3v) is 6.56. The lowest BCUT2D eigenvalue weighted by Gasteiger charge is -2.22. The van der Waals surface area contributed by atoms with Crippen LogP contribution in [-0.2, 0) is 4.79 Å². The zero-order valence-electron chi connectivity index (χ0n) is 18.3. The lowest BCUT2D eigenvalue weighted by atomic mass is 9.98. The SMILES string of the molecule is COc1ccccc1-c1nnc(SCC(=O)NC(C)(C#N)C2CC2)n1-c1ccc(C)cc1. The Morgan fingerprint density at radius 2 is 1.97 bits per heavy atom. The number of para-hydroxylation sites is 1. The molecule has 32 heavy (non-hydrogen) atoms. The van der Waals surface area contributed by atoms with Crippen LogP contribution in [0.4, 0.5) is 0 Å². The van der Waals surface area contributed by atoms with Crippen LogP contribution in [0.5, 0.6) is 5.75 Å². The number of hydrogen-bond acceptors (Lipinski definition) is 6. The van der Waals surface area contributed by atoms with Gasteiger partial charge in [-0.3, -0.25) is 9.36 Å². The number of thioether (sulfide) groups is 1. The van der Waals surface area contributed by atoms with Crippen molar-refractivity contribution in [3.63, 3.8) is 0 Å². The summed E-state index contributed by atoms with van der Waals surface area (Å²) in [6.45, 7) is 3.82. The molecule has 1 aliphatic rings. The molecule has 1 saturated carbocycles. The van der Waals surface area contributed by atoms with E-state index in [1.54, 1.807) is 14.0 Å². The van der Waals surface area contributed by atoms with Gasteiger partial charge >= 0.3 is 0 Å². The maximum atomic E-state index is 12.6. The number of nitrogens with zero attached hydrogens (tertiary/aromatic N) is 4. The number of ether oxygens (including phenoxy) is 1. The van der Waals surface area contributed by atoms with Crippen molar-refractivity contribution in [1.82, 2.24) is 20.1 Å². The molecule has 164 valence electrons. The summed E-state index contributed by atoms with van der Waals surface area (Å²) >= 11 is 1.29. The van der Waals surface area contributed by atoms with E-state index in [1.807, 2.05) is 60.0 Å². The molecule has 4 rings (SSSR count). The molecule has 8 heteroatoms. The summed E-state index contributed by atoms with van der Waals surface area (Å²) in [5, 5.41) is 21.8. The van der Waals surface area contributed by atoms with Gasteiger partial charge in [-0.15, -0.1) is 10.2 Å². The predicted octanol–water partition coefficient (Wildman–Crippen LogP) is 4.15. The van der Waals surface area contributed by atoms with E-state index in [9.17, 15) is 10.1 Å². The third-order valence-electron chi connectivity index (χ3n) is 5.63. The van der Waals surface area contributed by atoms with E-state index in [4.69, 9.17) is 4.74 Å². The monoisotopic (exact) mass is 447 g/mol. The number of carbonyl (C=O) groups excluding carboxylic acids is 1. The van der Waals surface area contributed by atoms with Crippen molar-refractivity contribution in [2.75, 3.05) is 12.9 Å². The molecule has 1 aliphatic carbocycles. The lowest BCUT2D eigenvalue weighted by Crippen LogP contribution is -2.47. The van der Waals surface area contributed by atoms with Gasteiger partial charge in [0.05, 0.1) is 24.5 Å². The fourth-order valence-electron chi connectivity index (χ4n) is 3.63. The van der Waals surface area contributed by atoms with Crippen LogP contribution in [-0.4, -0.2) is 39.1 Å². The Hall–Kier alpha value is -3.31. The normalized spacial score (nSPS) is 14.9. The van der Waals surface area contributed by atoms with Gasteiger partial charge in [-0.25, -0.2) is 0 Å². The van der Waals surface area contributed by atoms with Crippen molar-refractivity contribution in [3.05, 3.63) is 54.1 Å². The number of carbonyl (C=O) groups is 1. The lowest BCUT2D eigenvalue weighted by molar-refractivity contribution is -0.119. The van der Waals surface area contributed by atoms with Crippen molar-refractivity contribution in [2.24, 2.45) is 5.92 Å². The molecular formula is C24H25N5O2S. The van der Waals surface area contributed by atoms with E-state index >= 15 is 0 Å². The average molecular weight is 448 g/mol. The molecule has 0 aliphatic heterocycles. The molecule has 1 unspecified atom stereocenters. The highest BCUT2D eigenvalue weighted by Crippen LogP contribution is 2.39. The van der Waals surface area contributed by atoms with Gasteiger partial charge in [0.1, 0.15) is 11.3 Å². The number of nitrogens with one attached hydrogen (secondary N) is 1. The highest BCUT2D eigenvalue weighted by molar-refractivity contribution is 7.99. The van der Waals surface area contributed by atoms with Crippen molar-refractivity contribution >= 4 is 17.7 Å². The molecule has 1 N–H and O–H groups in total. The minimum absolute atomic E-state index is 0.139. The van der Waals surface area contributed by atoms with Gasteiger partial charge in [0.25, 0.3) is 0 Å². The zero-order chi connectivity index (χ0) is 22.7. The molecule has 2 aromatic carbocycles. The fourth-order valence-corrected chi connectivity index (χ4v) is 4.38. The molecule has 0 radical (unpaired) electrons. The van der Waals surface area contributed by atoms with Crippen LogP contribution in [0.15, 0.2) is 53.7 Å². The van der Waals surface area contributed by atoms with Crippen LogP contribution >= 0.6 is 11.8 Å². The maximum absolute atomic E-state index is 12.6. The number of nitriles is 1. The summed E-state index contributed by atoms with van der Waals surface area (Å²) < 4.78 is 7.46. The highest BCUT2D eigenvalue weighted by atomic mass is 32.2. The van der Waals surface area contributed by atoms with E-state index in [0.29, 0.717) is 16.7 Å². The van der Waals surface area contributed by atoms with Gasteiger partial charge in [0.15, 0.2) is 11.0 Å². The number of hydrogen-bond donors (Lipinski definition) is 1. The Morgan fingerprint density at radius 3 is 2.62 bits per heavy atom. The van der Waals surface area contributed by atoms with Crippen molar-refractivity contribution in [1.29, 1.82) is 5.26 Å². The minimum Gasteiger partial charge on any atom is -0.496 e. The van der Waals surface area contributed by atoms with E-state index < -0.39 is 5.54 Å². The van der Waals surface area contributed by atoms with E-state index in [1.165, 1.54) is 11.8 Å². The topological polar surface area (TPSA) is 92.8 Å². The van der Waals surface area contributed by atoms with Crippen LogP contribution < -0.4 is 10.1 Å². The number of benzene rings is 2. The number of aromatic nitrogens is 3. The largest absolute Gasteiger partial charge is 0.496 e. The quantitative estimate of drug-likeness (QED) is 0.522. The van der Waals surface area contributed by atoms with E-state index in [-0.39, 0.29) is 17.6 Å². The minimum atomic E-state index is -0.815. The molecule has 7 nitrogen and oxygen atoms in total. The molecule has 1 heterocycles. The van der Waals surface area contributed by atoms with Gasteiger partial charge in [-0.05, 0) is 56.9 Å². The molecule has 0 spiro atoms. The van der Waals surface area contributed by atoms with Gasteiger partial charge in [-0.2, -0.15) is 5.26 Å². The Bertz CT molecular complexity index is 1160. The first-order valence-electron chi connectivity index (χ1n) is 10.5. The summed E-state index contributed by atoms with van der Waals surface area (Å²) in [5.41, 5.74) is 2.03. The molecule has 0 saturated heterocycles. The van der Waals surface area contributed by atoms with Crippen LogP contribution in [0, 0.1) is 24.2 Å². The smallest absolute Gasteiger partial charge is 0.231 e. The summed E-state index contributed by atoms with van der Waals surface area (Å²) in [4.78, 5) is 12.6. The predicted molar refractivity (Wildman–Crippen MR) is 124 cm³/mol. The van der Waals surface area contributed by atoms with Gasteiger partial charge in [0, 0.05) is 5.69 Å². The van der Waals surface area contributed by atoms with Gasteiger partial charge in [0.2, 0.25) is 5.91 Å². The Morgan fingerprint density at radius 1 is 1.25 bits per heavy atom. The number of amides is 1. The Labute approximate surface area is 191 Å². The molecule has 0 bridgehead atoms. The van der Waals surface area contributed by atoms with Crippen LogP contribution in [0.25, 0.3) is 17.1 Å². The number of methoxy groups -OCH3 is 1. The van der Waals surface area contributed by atoms with Crippen molar-refractivity contribution in [3.8, 4) is 28.9 Å². The van der Waals surface area contributed by atoms with E-state index in [0.717, 1.165) is 29.7 Å². The first-order chi connectivity index (χ1) is 15.4. The fraction of sp³-hybridized carbons (Fsp3) is 0.333. The molecule has 3 aromatic rings. The van der Waals surface area contributed by atoms with Gasteiger partial charge in [-0.1, -0.05) is 41.6 Å². The van der Waals surface area contributed by atoms with Crippen LogP contribution in [0.3, 0.4) is 0 Å². The average Bonchev–Trinajstić information content (AvgIpc) is 3.59. The second-order valence-electron chi connectivity index (χ2n) is 8.10. The molecule has 1 aromatic heterocycles. The summed E-state index contributed by atoms with van der Waals surface area (Å²) in [7, 11) is 1.62. The van der Waals surface area contributed by atoms with Crippen molar-refractivity contribution < 1.29 is 9.53 Å². The van der Waals surface area contributed by atoms with Gasteiger partial charge < -0.3 is 10.1 Å². The first-order valence-corrected chi connectivity index (χ1v) is 11.4. The second-order valence-corrected chi connectivity index (χ2v) is 9.05. The molecule has 1 fully saturated rings. The molecular weight excluding hydrogens is 422 g/mol.